The quantitative estimate of drug-likeness (QED) is 0.725. The lowest BCUT2D eigenvalue weighted by atomic mass is 10.0. The maximum atomic E-state index is 11.3. The van der Waals surface area contributed by atoms with Crippen molar-refractivity contribution < 1.29 is 24.5 Å². The molecular weight excluding hydrogens is 320 g/mol. The van der Waals surface area contributed by atoms with Gasteiger partial charge in [0.1, 0.15) is 11.5 Å². The van der Waals surface area contributed by atoms with E-state index in [1.807, 2.05) is 30.3 Å². The minimum absolute atomic E-state index is 0.241. The first kappa shape index (κ1) is 16.3. The molecule has 0 spiro atoms. The fraction of sp³-hybridized carbons (Fsp3) is 0. The first-order valence-corrected chi connectivity index (χ1v) is 7.40. The molecule has 5 nitrogen and oxygen atoms in total. The molecule has 0 saturated heterocycles. The van der Waals surface area contributed by atoms with Gasteiger partial charge in [-0.15, -0.1) is 0 Å². The molecule has 0 aliphatic rings. The Morgan fingerprint density at radius 2 is 1.60 bits per heavy atom. The number of ether oxygens (including phenoxy) is 1. The molecule has 0 aliphatic heterocycles. The first-order chi connectivity index (χ1) is 12.1. The fourth-order valence-corrected chi connectivity index (χ4v) is 2.43. The SMILES string of the molecule is O=C(O)c1ccc(Oc2cc[c]cc2-c2ccccc2)cc1C(=O)O. The normalized spacial score (nSPS) is 10.2. The van der Waals surface area contributed by atoms with E-state index < -0.39 is 11.9 Å². The van der Waals surface area contributed by atoms with Gasteiger partial charge in [0.15, 0.2) is 0 Å². The van der Waals surface area contributed by atoms with E-state index >= 15 is 0 Å². The van der Waals surface area contributed by atoms with Gasteiger partial charge in [0.05, 0.1) is 11.1 Å². The van der Waals surface area contributed by atoms with Gasteiger partial charge in [-0.1, -0.05) is 36.4 Å². The van der Waals surface area contributed by atoms with Gasteiger partial charge >= 0.3 is 11.9 Å². The van der Waals surface area contributed by atoms with Crippen LogP contribution in [0.5, 0.6) is 11.5 Å². The summed E-state index contributed by atoms with van der Waals surface area (Å²) in [6.07, 6.45) is 0. The molecule has 0 atom stereocenters. The molecule has 5 heteroatoms. The van der Waals surface area contributed by atoms with Gasteiger partial charge < -0.3 is 14.9 Å². The highest BCUT2D eigenvalue weighted by Gasteiger charge is 2.17. The third kappa shape index (κ3) is 3.50. The smallest absolute Gasteiger partial charge is 0.336 e. The predicted molar refractivity (Wildman–Crippen MR) is 91.1 cm³/mol. The van der Waals surface area contributed by atoms with Crippen molar-refractivity contribution in [1.82, 2.24) is 0 Å². The van der Waals surface area contributed by atoms with Crippen molar-refractivity contribution in [3.63, 3.8) is 0 Å². The van der Waals surface area contributed by atoms with E-state index in [0.29, 0.717) is 5.75 Å². The van der Waals surface area contributed by atoms with Crippen LogP contribution in [0.15, 0.2) is 66.7 Å². The number of carbonyl (C=O) groups is 2. The molecule has 0 aromatic heterocycles. The van der Waals surface area contributed by atoms with Crippen molar-refractivity contribution in [2.75, 3.05) is 0 Å². The van der Waals surface area contributed by atoms with E-state index in [4.69, 9.17) is 9.84 Å². The molecule has 0 aliphatic carbocycles. The Morgan fingerprint density at radius 3 is 2.28 bits per heavy atom. The summed E-state index contributed by atoms with van der Waals surface area (Å²) in [7, 11) is 0. The molecule has 0 saturated carbocycles. The third-order valence-electron chi connectivity index (χ3n) is 3.59. The minimum atomic E-state index is -1.33. The van der Waals surface area contributed by atoms with Crippen LogP contribution in [-0.4, -0.2) is 22.2 Å². The first-order valence-electron chi connectivity index (χ1n) is 7.40. The van der Waals surface area contributed by atoms with Crippen molar-refractivity contribution in [1.29, 1.82) is 0 Å². The van der Waals surface area contributed by atoms with Gasteiger partial charge in [-0.3, -0.25) is 0 Å². The summed E-state index contributed by atoms with van der Waals surface area (Å²) < 4.78 is 5.81. The molecule has 123 valence electrons. The van der Waals surface area contributed by atoms with Crippen LogP contribution in [0.2, 0.25) is 0 Å². The Balaban J connectivity index is 2.00. The number of carboxylic acids is 2. The molecule has 2 N–H and O–H groups in total. The van der Waals surface area contributed by atoms with Gasteiger partial charge in [-0.2, -0.15) is 0 Å². The second kappa shape index (κ2) is 6.88. The molecule has 0 fully saturated rings. The van der Waals surface area contributed by atoms with E-state index in [2.05, 4.69) is 6.07 Å². The Kier molecular flexibility index (Phi) is 4.48. The zero-order valence-corrected chi connectivity index (χ0v) is 13.0. The average molecular weight is 333 g/mol. The van der Waals surface area contributed by atoms with Gasteiger partial charge in [-0.05, 0) is 42.0 Å². The number of hydrogen-bond donors (Lipinski definition) is 2. The molecule has 0 amide bonds. The van der Waals surface area contributed by atoms with Crippen LogP contribution in [0, 0.1) is 6.07 Å². The fourth-order valence-electron chi connectivity index (χ4n) is 2.43. The van der Waals surface area contributed by atoms with Crippen molar-refractivity contribution >= 4 is 11.9 Å². The van der Waals surface area contributed by atoms with Gasteiger partial charge in [0.25, 0.3) is 0 Å². The van der Waals surface area contributed by atoms with Crippen molar-refractivity contribution in [3.8, 4) is 22.6 Å². The average Bonchev–Trinajstić information content (AvgIpc) is 2.62. The van der Waals surface area contributed by atoms with Crippen LogP contribution in [0.4, 0.5) is 0 Å². The lowest BCUT2D eigenvalue weighted by Crippen LogP contribution is -2.08. The van der Waals surface area contributed by atoms with Crippen LogP contribution in [0.25, 0.3) is 11.1 Å². The zero-order valence-electron chi connectivity index (χ0n) is 13.0. The number of rotatable bonds is 5. The van der Waals surface area contributed by atoms with Crippen LogP contribution < -0.4 is 4.74 Å². The molecule has 0 bridgehead atoms. The number of aromatic carboxylic acids is 2. The van der Waals surface area contributed by atoms with Crippen molar-refractivity contribution in [2.45, 2.75) is 0 Å². The highest BCUT2D eigenvalue weighted by Crippen LogP contribution is 2.33. The van der Waals surface area contributed by atoms with E-state index in [1.165, 1.54) is 18.2 Å². The molecule has 3 rings (SSSR count). The van der Waals surface area contributed by atoms with Gasteiger partial charge in [-0.25, -0.2) is 9.59 Å². The van der Waals surface area contributed by atoms with Crippen LogP contribution >= 0.6 is 0 Å². The summed E-state index contributed by atoms with van der Waals surface area (Å²) in [5.41, 5.74) is 1.11. The molecule has 3 aromatic rings. The van der Waals surface area contributed by atoms with Crippen molar-refractivity contribution in [3.05, 3.63) is 83.9 Å². The summed E-state index contributed by atoms with van der Waals surface area (Å²) in [6, 6.07) is 21.6. The second-order valence-corrected chi connectivity index (χ2v) is 5.21. The summed E-state index contributed by atoms with van der Waals surface area (Å²) in [5.74, 6) is -1.87. The standard InChI is InChI=1S/C20H13O5/c21-19(22)16-11-10-14(12-17(16)20(23)24)25-18-9-5-4-8-15(18)13-6-2-1-3-7-13/h1-3,5-12H,(H,21,22)(H,23,24). The Hall–Kier alpha value is -3.60. The highest BCUT2D eigenvalue weighted by molar-refractivity contribution is 6.02. The highest BCUT2D eigenvalue weighted by atomic mass is 16.5. The maximum absolute atomic E-state index is 11.3. The molecule has 0 heterocycles. The van der Waals surface area contributed by atoms with Crippen LogP contribution in [0.3, 0.4) is 0 Å². The van der Waals surface area contributed by atoms with Crippen LogP contribution in [-0.2, 0) is 0 Å². The van der Waals surface area contributed by atoms with E-state index in [-0.39, 0.29) is 16.9 Å². The molecule has 25 heavy (non-hydrogen) atoms. The van der Waals surface area contributed by atoms with E-state index in [9.17, 15) is 14.7 Å². The molecular formula is C20H13O5. The van der Waals surface area contributed by atoms with Gasteiger partial charge in [0.2, 0.25) is 0 Å². The molecule has 3 aromatic carbocycles. The van der Waals surface area contributed by atoms with Crippen molar-refractivity contribution in [2.24, 2.45) is 0 Å². The Labute approximate surface area is 143 Å². The minimum Gasteiger partial charge on any atom is -0.478 e. The number of hydrogen-bond acceptors (Lipinski definition) is 3. The summed E-state index contributed by atoms with van der Waals surface area (Å²) in [6.45, 7) is 0. The third-order valence-corrected chi connectivity index (χ3v) is 3.59. The Morgan fingerprint density at radius 1 is 0.880 bits per heavy atom. The van der Waals surface area contributed by atoms with E-state index in [0.717, 1.165) is 11.1 Å². The second-order valence-electron chi connectivity index (χ2n) is 5.21. The summed E-state index contributed by atoms with van der Waals surface area (Å²) in [4.78, 5) is 22.4. The molecule has 1 radical (unpaired) electrons. The maximum Gasteiger partial charge on any atom is 0.336 e. The zero-order chi connectivity index (χ0) is 17.8. The van der Waals surface area contributed by atoms with E-state index in [1.54, 1.807) is 18.2 Å². The largest absolute Gasteiger partial charge is 0.478 e. The monoisotopic (exact) mass is 333 g/mol. The van der Waals surface area contributed by atoms with Gasteiger partial charge in [0, 0.05) is 5.56 Å². The summed E-state index contributed by atoms with van der Waals surface area (Å²) in [5, 5.41) is 18.3. The van der Waals surface area contributed by atoms with Crippen LogP contribution in [0.1, 0.15) is 20.7 Å². The Bertz CT molecular complexity index is 932. The summed E-state index contributed by atoms with van der Waals surface area (Å²) >= 11 is 0. The lowest BCUT2D eigenvalue weighted by Gasteiger charge is -2.12. The number of benzene rings is 3. The predicted octanol–water partition coefficient (Wildman–Crippen LogP) is 4.34. The lowest BCUT2D eigenvalue weighted by molar-refractivity contribution is 0.0651. The number of carboxylic acid groups (broad SMARTS) is 2. The molecule has 0 unspecified atom stereocenters. The topological polar surface area (TPSA) is 83.8 Å².